The molecule has 0 N–H and O–H groups in total. The van der Waals surface area contributed by atoms with Crippen LogP contribution in [0.25, 0.3) is 0 Å². The Bertz CT molecular complexity index is 574. The Labute approximate surface area is 119 Å². The molecule has 2 rings (SSSR count). The summed E-state index contributed by atoms with van der Waals surface area (Å²) in [7, 11) is 0. The summed E-state index contributed by atoms with van der Waals surface area (Å²) < 4.78 is 0. The van der Waals surface area contributed by atoms with Gasteiger partial charge in [0.15, 0.2) is 0 Å². The van der Waals surface area contributed by atoms with Crippen molar-refractivity contribution in [3.8, 4) is 0 Å². The summed E-state index contributed by atoms with van der Waals surface area (Å²) in [4.78, 5) is 37.3. The zero-order valence-electron chi connectivity index (χ0n) is 10.0. The number of anilines is 1. The number of hydrogen-bond donors (Lipinski definition) is 0. The highest BCUT2D eigenvalue weighted by molar-refractivity contribution is 6.44. The summed E-state index contributed by atoms with van der Waals surface area (Å²) in [6.07, 6.45) is 0.0637. The van der Waals surface area contributed by atoms with E-state index in [2.05, 4.69) is 0 Å². The first-order valence-electron chi connectivity index (χ1n) is 5.52. The Morgan fingerprint density at radius 2 is 1.95 bits per heavy atom. The van der Waals surface area contributed by atoms with Gasteiger partial charge < -0.3 is 0 Å². The summed E-state index contributed by atoms with van der Waals surface area (Å²) in [6.45, 7) is 1.35. The lowest BCUT2D eigenvalue weighted by Gasteiger charge is -2.32. The van der Waals surface area contributed by atoms with Gasteiger partial charge in [-0.3, -0.25) is 14.5 Å². The first kappa shape index (κ1) is 13.8. The molecule has 1 heterocycles. The molecule has 5 nitrogen and oxygen atoms in total. The van der Waals surface area contributed by atoms with E-state index in [1.54, 1.807) is 12.1 Å². The smallest absolute Gasteiger partial charge is 0.275 e. The molecule has 1 aliphatic rings. The fourth-order valence-corrected chi connectivity index (χ4v) is 2.22. The molecular formula is C12H10Cl2N2O3. The first-order valence-corrected chi connectivity index (χ1v) is 6.28. The van der Waals surface area contributed by atoms with Gasteiger partial charge in [0.1, 0.15) is 0 Å². The molecular weight excluding hydrogens is 291 g/mol. The molecule has 0 bridgehead atoms. The van der Waals surface area contributed by atoms with E-state index < -0.39 is 17.8 Å². The fourth-order valence-electron chi connectivity index (χ4n) is 1.84. The Kier molecular flexibility index (Phi) is 3.78. The molecule has 0 unspecified atom stereocenters. The van der Waals surface area contributed by atoms with E-state index in [1.807, 2.05) is 0 Å². The fraction of sp³-hybridized carbons (Fsp3) is 0.250. The zero-order valence-corrected chi connectivity index (χ0v) is 11.5. The van der Waals surface area contributed by atoms with E-state index in [0.29, 0.717) is 0 Å². The van der Waals surface area contributed by atoms with Gasteiger partial charge in [-0.2, -0.15) is 0 Å². The van der Waals surface area contributed by atoms with Crippen molar-refractivity contribution in [1.82, 2.24) is 4.90 Å². The molecule has 1 aromatic carbocycles. The van der Waals surface area contributed by atoms with Crippen molar-refractivity contribution in [2.45, 2.75) is 13.3 Å². The number of benzene rings is 1. The van der Waals surface area contributed by atoms with Gasteiger partial charge in [0.05, 0.1) is 15.7 Å². The molecule has 0 radical (unpaired) electrons. The van der Waals surface area contributed by atoms with Gasteiger partial charge >= 0.3 is 6.03 Å². The lowest BCUT2D eigenvalue weighted by Crippen LogP contribution is -2.54. The number of carbonyl (C=O) groups is 3. The van der Waals surface area contributed by atoms with Crippen molar-refractivity contribution in [3.05, 3.63) is 28.2 Å². The summed E-state index contributed by atoms with van der Waals surface area (Å²) in [5, 5.41) is 0.344. The maximum Gasteiger partial charge on any atom is 0.338 e. The quantitative estimate of drug-likeness (QED) is 0.801. The van der Waals surface area contributed by atoms with E-state index in [-0.39, 0.29) is 28.7 Å². The molecule has 0 spiro atoms. The van der Waals surface area contributed by atoms with Crippen LogP contribution >= 0.6 is 23.2 Å². The third-order valence-electron chi connectivity index (χ3n) is 2.77. The van der Waals surface area contributed by atoms with Crippen molar-refractivity contribution >= 4 is 46.7 Å². The highest BCUT2D eigenvalue weighted by atomic mass is 35.5. The maximum atomic E-state index is 12.1. The molecule has 100 valence electrons. The molecule has 0 saturated carbocycles. The number of carbonyl (C=O) groups excluding carboxylic acids is 3. The van der Waals surface area contributed by atoms with E-state index in [0.717, 1.165) is 9.80 Å². The molecule has 7 heteroatoms. The third-order valence-corrected chi connectivity index (χ3v) is 3.58. The molecule has 4 amide bonds. The van der Waals surface area contributed by atoms with Gasteiger partial charge in [0, 0.05) is 19.9 Å². The molecule has 19 heavy (non-hydrogen) atoms. The van der Waals surface area contributed by atoms with Gasteiger partial charge in [0.25, 0.3) is 0 Å². The van der Waals surface area contributed by atoms with Crippen molar-refractivity contribution in [2.75, 3.05) is 11.4 Å². The Morgan fingerprint density at radius 3 is 2.58 bits per heavy atom. The van der Waals surface area contributed by atoms with Crippen molar-refractivity contribution in [3.63, 3.8) is 0 Å². The van der Waals surface area contributed by atoms with Crippen LogP contribution in [0.15, 0.2) is 18.2 Å². The summed E-state index contributed by atoms with van der Waals surface area (Å²) in [5.74, 6) is -0.827. The predicted octanol–water partition coefficient (Wildman–Crippen LogP) is 2.70. The first-order chi connectivity index (χ1) is 8.93. The second-order valence-corrected chi connectivity index (χ2v) is 4.79. The monoisotopic (exact) mass is 300 g/mol. The summed E-state index contributed by atoms with van der Waals surface area (Å²) >= 11 is 11.9. The van der Waals surface area contributed by atoms with Crippen LogP contribution in [0.3, 0.4) is 0 Å². The summed E-state index contributed by atoms with van der Waals surface area (Å²) in [6, 6.07) is 3.94. The number of hydrogen-bond acceptors (Lipinski definition) is 3. The molecule has 1 aliphatic heterocycles. The van der Waals surface area contributed by atoms with Crippen molar-refractivity contribution in [2.24, 2.45) is 0 Å². The van der Waals surface area contributed by atoms with E-state index in [4.69, 9.17) is 23.2 Å². The molecule has 0 atom stereocenters. The normalized spacial score (nSPS) is 15.9. The predicted molar refractivity (Wildman–Crippen MR) is 71.3 cm³/mol. The molecule has 0 aromatic heterocycles. The minimum atomic E-state index is -0.701. The number of rotatable bonds is 1. The minimum Gasteiger partial charge on any atom is -0.275 e. The number of halogens is 2. The Morgan fingerprint density at radius 1 is 1.26 bits per heavy atom. The lowest BCUT2D eigenvalue weighted by molar-refractivity contribution is -0.128. The van der Waals surface area contributed by atoms with E-state index in [1.165, 1.54) is 13.0 Å². The average Bonchev–Trinajstić information content (AvgIpc) is 2.34. The maximum absolute atomic E-state index is 12.1. The van der Waals surface area contributed by atoms with Crippen LogP contribution in [0, 0.1) is 0 Å². The van der Waals surface area contributed by atoms with Crippen LogP contribution in [0.5, 0.6) is 0 Å². The van der Waals surface area contributed by atoms with Crippen molar-refractivity contribution < 1.29 is 14.4 Å². The van der Waals surface area contributed by atoms with E-state index >= 15 is 0 Å². The van der Waals surface area contributed by atoms with Gasteiger partial charge in [-0.05, 0) is 12.1 Å². The number of nitrogens with zero attached hydrogens (tertiary/aromatic N) is 2. The van der Waals surface area contributed by atoms with Crippen LogP contribution in [-0.4, -0.2) is 29.3 Å². The van der Waals surface area contributed by atoms with Crippen LogP contribution in [-0.2, 0) is 9.59 Å². The Hall–Kier alpha value is -1.59. The second kappa shape index (κ2) is 5.19. The average molecular weight is 301 g/mol. The van der Waals surface area contributed by atoms with Crippen LogP contribution in [0.2, 0.25) is 10.0 Å². The van der Waals surface area contributed by atoms with Crippen LogP contribution < -0.4 is 4.90 Å². The largest absolute Gasteiger partial charge is 0.338 e. The molecule has 1 saturated heterocycles. The second-order valence-electron chi connectivity index (χ2n) is 4.01. The lowest BCUT2D eigenvalue weighted by atomic mass is 10.2. The third kappa shape index (κ3) is 2.43. The number of urea groups is 1. The minimum absolute atomic E-state index is 0.0637. The highest BCUT2D eigenvalue weighted by Gasteiger charge is 2.36. The topological polar surface area (TPSA) is 57.7 Å². The molecule has 1 aromatic rings. The van der Waals surface area contributed by atoms with Crippen molar-refractivity contribution in [1.29, 1.82) is 0 Å². The number of imide groups is 2. The Balaban J connectivity index is 2.46. The molecule has 0 aliphatic carbocycles. The highest BCUT2D eigenvalue weighted by Crippen LogP contribution is 2.34. The molecule has 1 fully saturated rings. The number of amides is 4. The standard InChI is InChI=1S/C12H10Cl2N2O3/c1-7(17)15-6-5-10(18)16(12(15)19)9-4-2-3-8(13)11(9)14/h2-4H,5-6H2,1H3. The van der Waals surface area contributed by atoms with Gasteiger partial charge in [0.2, 0.25) is 11.8 Å². The van der Waals surface area contributed by atoms with Crippen LogP contribution in [0.4, 0.5) is 10.5 Å². The zero-order chi connectivity index (χ0) is 14.2. The summed E-state index contributed by atoms with van der Waals surface area (Å²) in [5.41, 5.74) is 0.190. The SMILES string of the molecule is CC(=O)N1CCC(=O)N(c2cccc(Cl)c2Cl)C1=O. The van der Waals surface area contributed by atoms with Gasteiger partial charge in [-0.1, -0.05) is 29.3 Å². The van der Waals surface area contributed by atoms with Gasteiger partial charge in [-0.15, -0.1) is 0 Å². The van der Waals surface area contributed by atoms with Crippen LogP contribution in [0.1, 0.15) is 13.3 Å². The van der Waals surface area contributed by atoms with E-state index in [9.17, 15) is 14.4 Å². The van der Waals surface area contributed by atoms with Gasteiger partial charge in [-0.25, -0.2) is 9.69 Å².